The molecule has 2 rings (SSSR count). The van der Waals surface area contributed by atoms with Crippen LogP contribution < -0.4 is 11.1 Å². The molecular formula is C22H26N2O5. The van der Waals surface area contributed by atoms with Gasteiger partial charge in [0.05, 0.1) is 19.3 Å². The second-order valence-electron chi connectivity index (χ2n) is 7.65. The van der Waals surface area contributed by atoms with Gasteiger partial charge in [-0.25, -0.2) is 4.79 Å². The van der Waals surface area contributed by atoms with Crippen molar-refractivity contribution in [3.8, 4) is 23.7 Å². The van der Waals surface area contributed by atoms with Crippen molar-refractivity contribution in [1.29, 1.82) is 0 Å². The van der Waals surface area contributed by atoms with Crippen molar-refractivity contribution in [3.05, 3.63) is 35.4 Å². The average molecular weight is 398 g/mol. The SMILES string of the molecule is COC(=O)[C@@H](NC(=O)c1ccc(C#CC#CC2C[C@@H](O)[C@@H](O)C2)cc1)C(C)(C)N. The Bertz CT molecular complexity index is 855. The van der Waals surface area contributed by atoms with Crippen LogP contribution in [0.1, 0.15) is 42.6 Å². The van der Waals surface area contributed by atoms with Crippen molar-refractivity contribution in [2.24, 2.45) is 11.7 Å². The summed E-state index contributed by atoms with van der Waals surface area (Å²) in [5.74, 6) is 10.1. The molecule has 4 atom stereocenters. The van der Waals surface area contributed by atoms with E-state index in [4.69, 9.17) is 10.5 Å². The standard InChI is InChI=1S/C22H26N2O5/c1-22(2,23)19(21(28)29-3)24-20(27)16-10-8-14(9-11-16)6-4-5-7-15-12-17(25)18(26)13-15/h8-11,15,17-19,25-26H,12-13,23H2,1-3H3,(H,24,27)/t15?,17-,18+,19-/m1/s1. The van der Waals surface area contributed by atoms with Crippen LogP contribution in [0.5, 0.6) is 0 Å². The zero-order chi connectivity index (χ0) is 21.6. The van der Waals surface area contributed by atoms with Gasteiger partial charge < -0.3 is 26.0 Å². The van der Waals surface area contributed by atoms with Gasteiger partial charge in [0.15, 0.2) is 0 Å². The Morgan fingerprint density at radius 3 is 2.28 bits per heavy atom. The number of esters is 1. The van der Waals surface area contributed by atoms with Crippen molar-refractivity contribution >= 4 is 11.9 Å². The monoisotopic (exact) mass is 398 g/mol. The van der Waals surface area contributed by atoms with E-state index in [0.717, 1.165) is 0 Å². The molecule has 0 bridgehead atoms. The molecular weight excluding hydrogens is 372 g/mol. The number of aliphatic hydroxyl groups excluding tert-OH is 2. The Labute approximate surface area is 170 Å². The summed E-state index contributed by atoms with van der Waals surface area (Å²) in [5.41, 5.74) is 6.00. The molecule has 29 heavy (non-hydrogen) atoms. The molecule has 1 unspecified atom stereocenters. The topological polar surface area (TPSA) is 122 Å². The lowest BCUT2D eigenvalue weighted by atomic mass is 9.95. The number of carbonyl (C=O) groups is 2. The zero-order valence-electron chi connectivity index (χ0n) is 16.7. The van der Waals surface area contributed by atoms with E-state index in [1.54, 1.807) is 38.1 Å². The van der Waals surface area contributed by atoms with Crippen LogP contribution in [0.15, 0.2) is 24.3 Å². The summed E-state index contributed by atoms with van der Waals surface area (Å²) in [6.45, 7) is 3.25. The fourth-order valence-corrected chi connectivity index (χ4v) is 2.94. The third-order valence-corrected chi connectivity index (χ3v) is 4.65. The van der Waals surface area contributed by atoms with Crippen LogP contribution in [0, 0.1) is 29.6 Å². The number of ether oxygens (including phenoxy) is 1. The quantitative estimate of drug-likeness (QED) is 0.424. The number of amides is 1. The van der Waals surface area contributed by atoms with E-state index in [1.165, 1.54) is 7.11 Å². The molecule has 0 spiro atoms. The van der Waals surface area contributed by atoms with Crippen LogP contribution in [-0.4, -0.2) is 53.0 Å². The summed E-state index contributed by atoms with van der Waals surface area (Å²) < 4.78 is 4.71. The van der Waals surface area contributed by atoms with E-state index in [2.05, 4.69) is 29.0 Å². The minimum Gasteiger partial charge on any atom is -0.467 e. The molecule has 0 aromatic heterocycles. The van der Waals surface area contributed by atoms with Gasteiger partial charge in [0.25, 0.3) is 5.91 Å². The van der Waals surface area contributed by atoms with Gasteiger partial charge in [0.2, 0.25) is 0 Å². The van der Waals surface area contributed by atoms with Gasteiger partial charge in [-0.15, -0.1) is 0 Å². The van der Waals surface area contributed by atoms with E-state index in [-0.39, 0.29) is 5.92 Å². The third-order valence-electron chi connectivity index (χ3n) is 4.65. The van der Waals surface area contributed by atoms with E-state index < -0.39 is 35.7 Å². The number of rotatable bonds is 4. The summed E-state index contributed by atoms with van der Waals surface area (Å²) in [6, 6.07) is 5.55. The molecule has 0 aliphatic heterocycles. The molecule has 0 saturated heterocycles. The Hall–Kier alpha value is -2.84. The van der Waals surface area contributed by atoms with Gasteiger partial charge in [-0.3, -0.25) is 4.79 Å². The van der Waals surface area contributed by atoms with Crippen LogP contribution in [0.25, 0.3) is 0 Å². The summed E-state index contributed by atoms with van der Waals surface area (Å²) in [7, 11) is 1.24. The van der Waals surface area contributed by atoms with Crippen molar-refractivity contribution in [2.75, 3.05) is 7.11 Å². The number of carbonyl (C=O) groups excluding carboxylic acids is 2. The van der Waals surface area contributed by atoms with Crippen molar-refractivity contribution < 1.29 is 24.5 Å². The van der Waals surface area contributed by atoms with Crippen LogP contribution >= 0.6 is 0 Å². The highest BCUT2D eigenvalue weighted by Crippen LogP contribution is 2.25. The van der Waals surface area contributed by atoms with Crippen LogP contribution in [0.2, 0.25) is 0 Å². The van der Waals surface area contributed by atoms with E-state index >= 15 is 0 Å². The van der Waals surface area contributed by atoms with Gasteiger partial charge in [0, 0.05) is 22.6 Å². The summed E-state index contributed by atoms with van der Waals surface area (Å²) in [5, 5.41) is 21.6. The Morgan fingerprint density at radius 1 is 1.17 bits per heavy atom. The molecule has 0 radical (unpaired) electrons. The van der Waals surface area contributed by atoms with Gasteiger partial charge in [-0.1, -0.05) is 11.8 Å². The fourth-order valence-electron chi connectivity index (χ4n) is 2.94. The number of nitrogens with one attached hydrogen (secondary N) is 1. The van der Waals surface area contributed by atoms with Crippen molar-refractivity contribution in [3.63, 3.8) is 0 Å². The molecule has 0 heterocycles. The fraction of sp³-hybridized carbons (Fsp3) is 0.455. The minimum atomic E-state index is -0.988. The lowest BCUT2D eigenvalue weighted by Crippen LogP contribution is -2.59. The first-order valence-corrected chi connectivity index (χ1v) is 9.27. The number of hydrogen-bond acceptors (Lipinski definition) is 6. The molecule has 7 nitrogen and oxygen atoms in total. The first-order valence-electron chi connectivity index (χ1n) is 9.27. The maximum Gasteiger partial charge on any atom is 0.330 e. The zero-order valence-corrected chi connectivity index (χ0v) is 16.7. The van der Waals surface area contributed by atoms with Crippen molar-refractivity contribution in [1.82, 2.24) is 5.32 Å². The molecule has 5 N–H and O–H groups in total. The van der Waals surface area contributed by atoms with E-state index in [1.807, 2.05) is 0 Å². The number of hydrogen-bond donors (Lipinski definition) is 4. The van der Waals surface area contributed by atoms with Crippen LogP contribution in [0.3, 0.4) is 0 Å². The number of methoxy groups -OCH3 is 1. The van der Waals surface area contributed by atoms with E-state index in [9.17, 15) is 19.8 Å². The third kappa shape index (κ3) is 6.33. The molecule has 1 saturated carbocycles. The number of nitrogens with two attached hydrogens (primary N) is 1. The highest BCUT2D eigenvalue weighted by molar-refractivity contribution is 5.97. The highest BCUT2D eigenvalue weighted by atomic mass is 16.5. The maximum absolute atomic E-state index is 12.4. The molecule has 1 amide bonds. The van der Waals surface area contributed by atoms with Gasteiger partial charge in [0.1, 0.15) is 6.04 Å². The predicted molar refractivity (Wildman–Crippen MR) is 107 cm³/mol. The lowest BCUT2D eigenvalue weighted by molar-refractivity contribution is -0.144. The smallest absolute Gasteiger partial charge is 0.330 e. The number of aliphatic hydroxyl groups is 2. The van der Waals surface area contributed by atoms with Crippen LogP contribution in [0.4, 0.5) is 0 Å². The molecule has 1 fully saturated rings. The minimum absolute atomic E-state index is 0.0603. The predicted octanol–water partition coefficient (Wildman–Crippen LogP) is 0.182. The molecule has 1 aliphatic carbocycles. The summed E-state index contributed by atoms with van der Waals surface area (Å²) in [4.78, 5) is 24.3. The normalized spacial score (nSPS) is 21.8. The largest absolute Gasteiger partial charge is 0.467 e. The van der Waals surface area contributed by atoms with Crippen LogP contribution in [-0.2, 0) is 9.53 Å². The molecule has 1 aliphatic rings. The summed E-state index contributed by atoms with van der Waals surface area (Å²) >= 11 is 0. The molecule has 1 aromatic carbocycles. The molecule has 154 valence electrons. The first kappa shape index (κ1) is 22.4. The van der Waals surface area contributed by atoms with Gasteiger partial charge >= 0.3 is 5.97 Å². The van der Waals surface area contributed by atoms with Gasteiger partial charge in [-0.05, 0) is 62.8 Å². The lowest BCUT2D eigenvalue weighted by Gasteiger charge is -2.28. The first-order chi connectivity index (χ1) is 13.6. The Morgan fingerprint density at radius 2 is 1.76 bits per heavy atom. The average Bonchev–Trinajstić information content (AvgIpc) is 2.99. The number of benzene rings is 1. The highest BCUT2D eigenvalue weighted by Gasteiger charge is 2.34. The summed E-state index contributed by atoms with van der Waals surface area (Å²) in [6.07, 6.45) is -0.536. The van der Waals surface area contributed by atoms with E-state index in [0.29, 0.717) is 24.0 Å². The second kappa shape index (κ2) is 9.58. The maximum atomic E-state index is 12.4. The second-order valence-corrected chi connectivity index (χ2v) is 7.65. The van der Waals surface area contributed by atoms with Gasteiger partial charge in [-0.2, -0.15) is 0 Å². The van der Waals surface area contributed by atoms with Crippen molar-refractivity contribution in [2.45, 2.75) is 50.5 Å². The molecule has 7 heteroatoms. The Kier molecular flexibility index (Phi) is 7.41. The Balaban J connectivity index is 2.00. The molecule has 1 aromatic rings.